The third-order valence-electron chi connectivity index (χ3n) is 4.05. The molecule has 1 aromatic rings. The zero-order chi connectivity index (χ0) is 11.8. The van der Waals surface area contributed by atoms with Gasteiger partial charge in [0.1, 0.15) is 0 Å². The van der Waals surface area contributed by atoms with Crippen molar-refractivity contribution in [3.8, 4) is 0 Å². The minimum absolute atomic E-state index is 0.201. The van der Waals surface area contributed by atoms with E-state index in [0.29, 0.717) is 12.5 Å². The van der Waals surface area contributed by atoms with E-state index in [0.717, 1.165) is 24.9 Å². The molecule has 2 fully saturated rings. The van der Waals surface area contributed by atoms with Crippen molar-refractivity contribution in [3.05, 3.63) is 35.9 Å². The summed E-state index contributed by atoms with van der Waals surface area (Å²) < 4.78 is 0. The maximum Gasteiger partial charge on any atom is 0.222 e. The highest BCUT2D eigenvalue weighted by atomic mass is 16.3. The third kappa shape index (κ3) is 1.84. The zero-order valence-electron chi connectivity index (χ0n) is 9.75. The molecule has 3 atom stereocenters. The maximum atomic E-state index is 11.6. The van der Waals surface area contributed by atoms with Crippen LogP contribution in [-0.4, -0.2) is 28.5 Å². The van der Waals surface area contributed by atoms with Crippen LogP contribution in [0.25, 0.3) is 0 Å². The molecule has 0 radical (unpaired) electrons. The standard InChI is InChI=1S/C14H17NO2/c16-13-7-6-12-8-11(9-15(12)13)14(17)10-4-2-1-3-5-10/h1-5,11-12,14,17H,6-9H2/t11-,12+,14+/m0/s1. The van der Waals surface area contributed by atoms with Gasteiger partial charge in [0.15, 0.2) is 0 Å². The molecular formula is C14H17NO2. The van der Waals surface area contributed by atoms with Crippen LogP contribution >= 0.6 is 0 Å². The molecule has 0 bridgehead atoms. The summed E-state index contributed by atoms with van der Waals surface area (Å²) in [4.78, 5) is 13.6. The molecule has 0 aliphatic carbocycles. The average Bonchev–Trinajstić information content (AvgIpc) is 2.92. The lowest BCUT2D eigenvalue weighted by atomic mass is 9.92. The largest absolute Gasteiger partial charge is 0.388 e. The van der Waals surface area contributed by atoms with Gasteiger partial charge in [0.25, 0.3) is 0 Å². The first kappa shape index (κ1) is 10.8. The maximum absolute atomic E-state index is 11.6. The van der Waals surface area contributed by atoms with Crippen molar-refractivity contribution in [2.75, 3.05) is 6.54 Å². The Hall–Kier alpha value is -1.35. The highest BCUT2D eigenvalue weighted by molar-refractivity contribution is 5.79. The number of fused-ring (bicyclic) bond motifs is 1. The summed E-state index contributed by atoms with van der Waals surface area (Å²) in [6, 6.07) is 10.1. The van der Waals surface area contributed by atoms with Crippen LogP contribution in [0.1, 0.15) is 30.9 Å². The quantitative estimate of drug-likeness (QED) is 0.842. The molecule has 1 amide bonds. The van der Waals surface area contributed by atoms with E-state index in [1.807, 2.05) is 35.2 Å². The van der Waals surface area contributed by atoms with Crippen LogP contribution in [0.2, 0.25) is 0 Å². The molecule has 0 aromatic heterocycles. The fourth-order valence-corrected chi connectivity index (χ4v) is 3.12. The summed E-state index contributed by atoms with van der Waals surface area (Å²) in [7, 11) is 0. The number of rotatable bonds is 2. The van der Waals surface area contributed by atoms with Crippen LogP contribution in [0.15, 0.2) is 30.3 Å². The Morgan fingerprint density at radius 3 is 2.76 bits per heavy atom. The Kier molecular flexibility index (Phi) is 2.63. The highest BCUT2D eigenvalue weighted by Gasteiger charge is 2.42. The van der Waals surface area contributed by atoms with Gasteiger partial charge in [-0.1, -0.05) is 30.3 Å². The lowest BCUT2D eigenvalue weighted by Gasteiger charge is -2.19. The molecule has 17 heavy (non-hydrogen) atoms. The number of carbonyl (C=O) groups excluding carboxylic acids is 1. The summed E-state index contributed by atoms with van der Waals surface area (Å²) in [5, 5.41) is 10.3. The van der Waals surface area contributed by atoms with E-state index in [1.54, 1.807) is 0 Å². The van der Waals surface area contributed by atoms with Gasteiger partial charge in [0.05, 0.1) is 6.10 Å². The van der Waals surface area contributed by atoms with E-state index in [2.05, 4.69) is 0 Å². The number of aliphatic hydroxyl groups is 1. The minimum Gasteiger partial charge on any atom is -0.388 e. The molecule has 0 spiro atoms. The van der Waals surface area contributed by atoms with Crippen LogP contribution in [0.5, 0.6) is 0 Å². The summed E-state index contributed by atoms with van der Waals surface area (Å²) >= 11 is 0. The van der Waals surface area contributed by atoms with E-state index in [9.17, 15) is 9.90 Å². The van der Waals surface area contributed by atoms with Gasteiger partial charge in [-0.05, 0) is 18.4 Å². The van der Waals surface area contributed by atoms with Crippen LogP contribution < -0.4 is 0 Å². The molecule has 2 heterocycles. The number of carbonyl (C=O) groups is 1. The Morgan fingerprint density at radius 2 is 2.06 bits per heavy atom. The van der Waals surface area contributed by atoms with Crippen molar-refractivity contribution in [2.45, 2.75) is 31.4 Å². The fraction of sp³-hybridized carbons (Fsp3) is 0.500. The van der Waals surface area contributed by atoms with Gasteiger partial charge in [-0.2, -0.15) is 0 Å². The smallest absolute Gasteiger partial charge is 0.222 e. The molecular weight excluding hydrogens is 214 g/mol. The number of hydrogen-bond donors (Lipinski definition) is 1. The van der Waals surface area contributed by atoms with Crippen LogP contribution in [0.3, 0.4) is 0 Å². The fourth-order valence-electron chi connectivity index (χ4n) is 3.12. The van der Waals surface area contributed by atoms with E-state index in [1.165, 1.54) is 0 Å². The van der Waals surface area contributed by atoms with Gasteiger partial charge in [-0.25, -0.2) is 0 Å². The minimum atomic E-state index is -0.436. The van der Waals surface area contributed by atoms with E-state index in [-0.39, 0.29) is 11.8 Å². The summed E-state index contributed by atoms with van der Waals surface area (Å²) in [6.07, 6.45) is 2.17. The monoisotopic (exact) mass is 231 g/mol. The summed E-state index contributed by atoms with van der Waals surface area (Å²) in [6.45, 7) is 0.722. The molecule has 0 unspecified atom stereocenters. The van der Waals surface area contributed by atoms with Crippen LogP contribution in [0, 0.1) is 5.92 Å². The topological polar surface area (TPSA) is 40.5 Å². The molecule has 2 aliphatic rings. The Bertz CT molecular complexity index is 417. The number of benzene rings is 1. The molecule has 1 N–H and O–H groups in total. The average molecular weight is 231 g/mol. The predicted molar refractivity (Wildman–Crippen MR) is 64.2 cm³/mol. The molecule has 0 saturated carbocycles. The van der Waals surface area contributed by atoms with Crippen molar-refractivity contribution in [3.63, 3.8) is 0 Å². The second-order valence-corrected chi connectivity index (χ2v) is 5.09. The van der Waals surface area contributed by atoms with Crippen LogP contribution in [0.4, 0.5) is 0 Å². The highest BCUT2D eigenvalue weighted by Crippen LogP contribution is 2.38. The van der Waals surface area contributed by atoms with Gasteiger partial charge < -0.3 is 10.0 Å². The lowest BCUT2D eigenvalue weighted by molar-refractivity contribution is -0.128. The first-order valence-electron chi connectivity index (χ1n) is 6.28. The van der Waals surface area contributed by atoms with Gasteiger partial charge in [-0.3, -0.25) is 4.79 Å². The van der Waals surface area contributed by atoms with Gasteiger partial charge in [0.2, 0.25) is 5.91 Å². The van der Waals surface area contributed by atoms with Gasteiger partial charge in [0, 0.05) is 24.9 Å². The van der Waals surface area contributed by atoms with E-state index >= 15 is 0 Å². The molecule has 2 aliphatic heterocycles. The van der Waals surface area contributed by atoms with Gasteiger partial charge >= 0.3 is 0 Å². The van der Waals surface area contributed by atoms with Gasteiger partial charge in [-0.15, -0.1) is 0 Å². The number of hydrogen-bond acceptors (Lipinski definition) is 2. The van der Waals surface area contributed by atoms with Crippen molar-refractivity contribution < 1.29 is 9.90 Å². The first-order valence-corrected chi connectivity index (χ1v) is 6.28. The summed E-state index contributed by atoms with van der Waals surface area (Å²) in [5.74, 6) is 0.462. The Balaban J connectivity index is 1.73. The number of nitrogens with zero attached hydrogens (tertiary/aromatic N) is 1. The van der Waals surface area contributed by atoms with E-state index in [4.69, 9.17) is 0 Å². The van der Waals surface area contributed by atoms with Crippen molar-refractivity contribution in [2.24, 2.45) is 5.92 Å². The third-order valence-corrected chi connectivity index (χ3v) is 4.05. The zero-order valence-corrected chi connectivity index (χ0v) is 9.75. The second-order valence-electron chi connectivity index (χ2n) is 5.09. The number of aliphatic hydroxyl groups excluding tert-OH is 1. The Morgan fingerprint density at radius 1 is 1.29 bits per heavy atom. The molecule has 3 rings (SSSR count). The second kappa shape index (κ2) is 4.15. The molecule has 2 saturated heterocycles. The van der Waals surface area contributed by atoms with Crippen molar-refractivity contribution in [1.29, 1.82) is 0 Å². The first-order chi connectivity index (χ1) is 8.25. The Labute approximate surface area is 101 Å². The SMILES string of the molecule is O=C1CC[C@@H]2C[C@H]([C@H](O)c3ccccc3)CN12. The summed E-state index contributed by atoms with van der Waals surface area (Å²) in [5.41, 5.74) is 0.964. The molecule has 90 valence electrons. The normalized spacial score (nSPS) is 29.5. The molecule has 3 heteroatoms. The molecule has 1 aromatic carbocycles. The predicted octanol–water partition coefficient (Wildman–Crippen LogP) is 1.73. The van der Waals surface area contributed by atoms with Crippen LogP contribution in [-0.2, 0) is 4.79 Å². The van der Waals surface area contributed by atoms with Crippen molar-refractivity contribution >= 4 is 5.91 Å². The number of amides is 1. The van der Waals surface area contributed by atoms with E-state index < -0.39 is 6.10 Å². The lowest BCUT2D eigenvalue weighted by Crippen LogP contribution is -2.28. The molecule has 3 nitrogen and oxygen atoms in total. The van der Waals surface area contributed by atoms with Crippen molar-refractivity contribution in [1.82, 2.24) is 4.90 Å².